The average Bonchev–Trinajstić information content (AvgIpc) is 2.38. The predicted molar refractivity (Wildman–Crippen MR) is 74.7 cm³/mol. The molecule has 0 bridgehead atoms. The first kappa shape index (κ1) is 13.7. The summed E-state index contributed by atoms with van der Waals surface area (Å²) in [6, 6.07) is 7.78. The Bertz CT molecular complexity index is 453. The number of carbonyl (C=O) groups is 1. The van der Waals surface area contributed by atoms with E-state index < -0.39 is 5.97 Å². The third kappa shape index (κ3) is 2.83. The fourth-order valence-electron chi connectivity index (χ4n) is 2.60. The molecule has 1 heterocycles. The van der Waals surface area contributed by atoms with E-state index in [1.54, 1.807) is 7.11 Å². The van der Waals surface area contributed by atoms with Crippen LogP contribution in [0.1, 0.15) is 20.3 Å². The number of nitrogens with zero attached hydrogens (tertiary/aromatic N) is 1. The van der Waals surface area contributed by atoms with Crippen molar-refractivity contribution < 1.29 is 14.6 Å². The molecular weight excluding hydrogens is 242 g/mol. The number of hydrogen-bond acceptors (Lipinski definition) is 3. The zero-order valence-corrected chi connectivity index (χ0v) is 11.7. The van der Waals surface area contributed by atoms with Gasteiger partial charge < -0.3 is 14.7 Å². The maximum Gasteiger partial charge on any atom is 0.308 e. The highest BCUT2D eigenvalue weighted by atomic mass is 16.5. The van der Waals surface area contributed by atoms with Gasteiger partial charge in [0.25, 0.3) is 0 Å². The number of piperidine rings is 1. The lowest BCUT2D eigenvalue weighted by Crippen LogP contribution is -2.48. The topological polar surface area (TPSA) is 49.8 Å². The first-order valence-corrected chi connectivity index (χ1v) is 6.56. The molecule has 0 saturated carbocycles. The van der Waals surface area contributed by atoms with Crippen LogP contribution in [0.5, 0.6) is 5.75 Å². The highest BCUT2D eigenvalue weighted by Crippen LogP contribution is 2.37. The van der Waals surface area contributed by atoms with E-state index in [0.717, 1.165) is 24.4 Å². The van der Waals surface area contributed by atoms with E-state index in [0.29, 0.717) is 6.54 Å². The quantitative estimate of drug-likeness (QED) is 0.910. The Morgan fingerprint density at radius 2 is 2.00 bits per heavy atom. The third-order valence-corrected chi connectivity index (χ3v) is 4.11. The van der Waals surface area contributed by atoms with E-state index in [1.165, 1.54) is 0 Å². The van der Waals surface area contributed by atoms with Crippen LogP contribution in [0, 0.1) is 11.3 Å². The number of carboxylic acids is 1. The molecule has 19 heavy (non-hydrogen) atoms. The molecule has 1 aromatic carbocycles. The average molecular weight is 263 g/mol. The standard InChI is InChI=1S/C15H21NO3/c1-15(2)8-9-16(10-13(15)14(17)18)11-4-6-12(19-3)7-5-11/h4-7,13H,8-10H2,1-3H3,(H,17,18). The summed E-state index contributed by atoms with van der Waals surface area (Å²) in [4.78, 5) is 13.5. The first-order valence-electron chi connectivity index (χ1n) is 6.56. The molecule has 1 aliphatic rings. The van der Waals surface area contributed by atoms with Crippen LogP contribution in [0.15, 0.2) is 24.3 Å². The van der Waals surface area contributed by atoms with E-state index in [2.05, 4.69) is 4.90 Å². The van der Waals surface area contributed by atoms with Gasteiger partial charge in [0.1, 0.15) is 5.75 Å². The van der Waals surface area contributed by atoms with Crippen LogP contribution in [0.3, 0.4) is 0 Å². The molecule has 0 amide bonds. The summed E-state index contributed by atoms with van der Waals surface area (Å²) in [5.41, 5.74) is 0.914. The van der Waals surface area contributed by atoms with Crippen molar-refractivity contribution >= 4 is 11.7 Å². The van der Waals surface area contributed by atoms with Gasteiger partial charge in [0.05, 0.1) is 13.0 Å². The molecule has 1 aromatic rings. The number of benzene rings is 1. The van der Waals surface area contributed by atoms with Crippen LogP contribution in [-0.2, 0) is 4.79 Å². The molecule has 1 saturated heterocycles. The van der Waals surface area contributed by atoms with Crippen molar-refractivity contribution in [2.45, 2.75) is 20.3 Å². The van der Waals surface area contributed by atoms with Crippen LogP contribution in [0.25, 0.3) is 0 Å². The SMILES string of the molecule is COc1ccc(N2CCC(C)(C)C(C(=O)O)C2)cc1. The van der Waals surface area contributed by atoms with Crippen molar-refractivity contribution in [3.05, 3.63) is 24.3 Å². The first-order chi connectivity index (χ1) is 8.94. The lowest BCUT2D eigenvalue weighted by molar-refractivity contribution is -0.146. The maximum atomic E-state index is 11.4. The minimum absolute atomic E-state index is 0.144. The summed E-state index contributed by atoms with van der Waals surface area (Å²) in [7, 11) is 1.64. The van der Waals surface area contributed by atoms with Crippen LogP contribution in [0.2, 0.25) is 0 Å². The Hall–Kier alpha value is -1.71. The number of methoxy groups -OCH3 is 1. The van der Waals surface area contributed by atoms with Crippen LogP contribution in [-0.4, -0.2) is 31.3 Å². The molecule has 0 aromatic heterocycles. The van der Waals surface area contributed by atoms with Gasteiger partial charge in [0.2, 0.25) is 0 Å². The Kier molecular flexibility index (Phi) is 3.69. The number of ether oxygens (including phenoxy) is 1. The van der Waals surface area contributed by atoms with Crippen LogP contribution < -0.4 is 9.64 Å². The molecule has 1 N–H and O–H groups in total. The van der Waals surface area contributed by atoms with Crippen molar-refractivity contribution in [1.29, 1.82) is 0 Å². The van der Waals surface area contributed by atoms with E-state index >= 15 is 0 Å². The molecule has 1 atom stereocenters. The molecule has 0 radical (unpaired) electrons. The van der Waals surface area contributed by atoms with Gasteiger partial charge >= 0.3 is 5.97 Å². The van der Waals surface area contributed by atoms with Gasteiger partial charge in [-0.1, -0.05) is 13.8 Å². The Balaban J connectivity index is 2.16. The lowest BCUT2D eigenvalue weighted by Gasteiger charge is -2.42. The largest absolute Gasteiger partial charge is 0.497 e. The van der Waals surface area contributed by atoms with Crippen molar-refractivity contribution in [2.24, 2.45) is 11.3 Å². The maximum absolute atomic E-state index is 11.4. The van der Waals surface area contributed by atoms with Crippen LogP contribution in [0.4, 0.5) is 5.69 Å². The van der Waals surface area contributed by atoms with Crippen molar-refractivity contribution in [1.82, 2.24) is 0 Å². The molecule has 1 aliphatic heterocycles. The Morgan fingerprint density at radius 1 is 1.37 bits per heavy atom. The van der Waals surface area contributed by atoms with E-state index in [9.17, 15) is 9.90 Å². The molecule has 1 unspecified atom stereocenters. The molecular formula is C15H21NO3. The summed E-state index contributed by atoms with van der Waals surface area (Å²) in [6.07, 6.45) is 0.885. The number of anilines is 1. The van der Waals surface area contributed by atoms with Crippen molar-refractivity contribution in [2.75, 3.05) is 25.1 Å². The Morgan fingerprint density at radius 3 is 2.53 bits per heavy atom. The zero-order valence-electron chi connectivity index (χ0n) is 11.7. The van der Waals surface area contributed by atoms with E-state index in [-0.39, 0.29) is 11.3 Å². The van der Waals surface area contributed by atoms with E-state index in [1.807, 2.05) is 38.1 Å². The minimum Gasteiger partial charge on any atom is -0.497 e. The predicted octanol–water partition coefficient (Wildman–Crippen LogP) is 2.63. The molecule has 0 aliphatic carbocycles. The van der Waals surface area contributed by atoms with Gasteiger partial charge in [0, 0.05) is 18.8 Å². The second-order valence-corrected chi connectivity index (χ2v) is 5.77. The molecule has 104 valence electrons. The highest BCUT2D eigenvalue weighted by molar-refractivity contribution is 5.72. The monoisotopic (exact) mass is 263 g/mol. The fourth-order valence-corrected chi connectivity index (χ4v) is 2.60. The van der Waals surface area contributed by atoms with Gasteiger partial charge in [-0.15, -0.1) is 0 Å². The third-order valence-electron chi connectivity index (χ3n) is 4.11. The smallest absolute Gasteiger partial charge is 0.308 e. The minimum atomic E-state index is -0.705. The van der Waals surface area contributed by atoms with Crippen LogP contribution >= 0.6 is 0 Å². The highest BCUT2D eigenvalue weighted by Gasteiger charge is 2.40. The summed E-state index contributed by atoms with van der Waals surface area (Å²) in [5, 5.41) is 9.37. The fraction of sp³-hybridized carbons (Fsp3) is 0.533. The number of rotatable bonds is 3. The van der Waals surface area contributed by atoms with Gasteiger partial charge in [-0.3, -0.25) is 4.79 Å². The molecule has 1 fully saturated rings. The second kappa shape index (κ2) is 5.11. The molecule has 4 heteroatoms. The zero-order chi connectivity index (χ0) is 14.0. The molecule has 0 spiro atoms. The number of aliphatic carboxylic acids is 1. The van der Waals surface area contributed by atoms with E-state index in [4.69, 9.17) is 4.74 Å². The van der Waals surface area contributed by atoms with Gasteiger partial charge in [-0.05, 0) is 36.1 Å². The van der Waals surface area contributed by atoms with Gasteiger partial charge in [-0.2, -0.15) is 0 Å². The summed E-state index contributed by atoms with van der Waals surface area (Å²) >= 11 is 0. The van der Waals surface area contributed by atoms with Crippen molar-refractivity contribution in [3.8, 4) is 5.75 Å². The summed E-state index contributed by atoms with van der Waals surface area (Å²) < 4.78 is 5.14. The summed E-state index contributed by atoms with van der Waals surface area (Å²) in [5.74, 6) is -0.220. The lowest BCUT2D eigenvalue weighted by atomic mass is 9.73. The summed E-state index contributed by atoms with van der Waals surface area (Å²) in [6.45, 7) is 5.53. The van der Waals surface area contributed by atoms with Crippen molar-refractivity contribution in [3.63, 3.8) is 0 Å². The van der Waals surface area contributed by atoms with Gasteiger partial charge in [0.15, 0.2) is 0 Å². The number of hydrogen-bond donors (Lipinski definition) is 1. The van der Waals surface area contributed by atoms with Gasteiger partial charge in [-0.25, -0.2) is 0 Å². The number of carboxylic acid groups (broad SMARTS) is 1. The Labute approximate surface area is 114 Å². The second-order valence-electron chi connectivity index (χ2n) is 5.77. The molecule has 4 nitrogen and oxygen atoms in total. The molecule has 2 rings (SSSR count). The normalized spacial score (nSPS) is 22.1.